The number of hydrogen-bond acceptors (Lipinski definition) is 3. The molecule has 126 valence electrons. The number of aryl methyl sites for hydroxylation is 1. The van der Waals surface area contributed by atoms with Crippen molar-refractivity contribution in [1.82, 2.24) is 14.7 Å². The molecule has 0 bridgehead atoms. The van der Waals surface area contributed by atoms with Gasteiger partial charge in [0, 0.05) is 25.8 Å². The van der Waals surface area contributed by atoms with Crippen LogP contribution in [-0.4, -0.2) is 39.8 Å². The van der Waals surface area contributed by atoms with E-state index in [1.54, 1.807) is 10.9 Å². The summed E-state index contributed by atoms with van der Waals surface area (Å²) in [6.07, 6.45) is 5.89. The molecule has 2 aliphatic rings. The van der Waals surface area contributed by atoms with Gasteiger partial charge in [-0.05, 0) is 43.7 Å². The predicted molar refractivity (Wildman–Crippen MR) is 90.9 cm³/mol. The van der Waals surface area contributed by atoms with E-state index in [2.05, 4.69) is 5.10 Å². The van der Waals surface area contributed by atoms with Crippen LogP contribution in [0.4, 0.5) is 0 Å². The van der Waals surface area contributed by atoms with Crippen LogP contribution in [0, 0.1) is 11.8 Å². The van der Waals surface area contributed by atoms with Crippen molar-refractivity contribution in [2.24, 2.45) is 11.8 Å². The van der Waals surface area contributed by atoms with Crippen molar-refractivity contribution in [3.05, 3.63) is 48.3 Å². The van der Waals surface area contributed by atoms with Crippen LogP contribution in [0.3, 0.4) is 0 Å². The molecule has 1 aromatic heterocycles. The predicted octanol–water partition coefficient (Wildman–Crippen LogP) is 2.83. The molecule has 1 aromatic carbocycles. The Bertz CT molecular complexity index is 698. The molecule has 2 heterocycles. The first-order valence-electron chi connectivity index (χ1n) is 8.76. The van der Waals surface area contributed by atoms with Gasteiger partial charge in [0.25, 0.3) is 5.91 Å². The minimum absolute atomic E-state index is 0.115. The Morgan fingerprint density at radius 1 is 1.21 bits per heavy atom. The van der Waals surface area contributed by atoms with Gasteiger partial charge in [0.2, 0.25) is 0 Å². The normalized spacial score (nSPS) is 25.7. The van der Waals surface area contributed by atoms with E-state index in [1.807, 2.05) is 48.4 Å². The zero-order valence-electron chi connectivity index (χ0n) is 14.0. The van der Waals surface area contributed by atoms with E-state index in [4.69, 9.17) is 4.74 Å². The number of para-hydroxylation sites is 1. The molecule has 1 aliphatic heterocycles. The molecule has 5 heteroatoms. The van der Waals surface area contributed by atoms with E-state index in [9.17, 15) is 4.79 Å². The summed E-state index contributed by atoms with van der Waals surface area (Å²) in [4.78, 5) is 14.6. The smallest absolute Gasteiger partial charge is 0.257 e. The summed E-state index contributed by atoms with van der Waals surface area (Å²) in [5.74, 6) is 2.18. The van der Waals surface area contributed by atoms with Crippen molar-refractivity contribution in [2.45, 2.75) is 32.4 Å². The van der Waals surface area contributed by atoms with Crippen LogP contribution in [-0.2, 0) is 6.54 Å². The Balaban J connectivity index is 1.35. The summed E-state index contributed by atoms with van der Waals surface area (Å²) in [5, 5.41) is 4.21. The number of nitrogens with zero attached hydrogens (tertiary/aromatic N) is 3. The van der Waals surface area contributed by atoms with E-state index in [0.29, 0.717) is 17.4 Å². The standard InChI is InChI=1S/C19H23N3O2/c1-2-22-13-16(10-20-22)19(23)21-11-14-8-18(9-15(14)12-21)24-17-6-4-3-5-7-17/h3-7,10,13-15,18H,2,8-9,11-12H2,1H3/t14-,15+,18?. The topological polar surface area (TPSA) is 47.4 Å². The zero-order valence-corrected chi connectivity index (χ0v) is 14.0. The van der Waals surface area contributed by atoms with E-state index < -0.39 is 0 Å². The van der Waals surface area contributed by atoms with Crippen LogP contribution >= 0.6 is 0 Å². The number of carbonyl (C=O) groups is 1. The SMILES string of the molecule is CCn1cc(C(=O)N2C[C@H]3CC(Oc4ccccc4)C[C@H]3C2)cn1. The van der Waals surface area contributed by atoms with Gasteiger partial charge in [0.1, 0.15) is 5.75 Å². The van der Waals surface area contributed by atoms with Gasteiger partial charge < -0.3 is 9.64 Å². The van der Waals surface area contributed by atoms with Gasteiger partial charge in [-0.3, -0.25) is 9.48 Å². The summed E-state index contributed by atoms with van der Waals surface area (Å²) < 4.78 is 7.89. The van der Waals surface area contributed by atoms with Gasteiger partial charge in [0.05, 0.1) is 17.9 Å². The number of likely N-dealkylation sites (tertiary alicyclic amines) is 1. The number of rotatable bonds is 4. The first-order valence-corrected chi connectivity index (χ1v) is 8.76. The molecule has 24 heavy (non-hydrogen) atoms. The van der Waals surface area contributed by atoms with Gasteiger partial charge >= 0.3 is 0 Å². The van der Waals surface area contributed by atoms with Crippen molar-refractivity contribution < 1.29 is 9.53 Å². The van der Waals surface area contributed by atoms with Crippen LogP contribution in [0.2, 0.25) is 0 Å². The van der Waals surface area contributed by atoms with Crippen LogP contribution in [0.15, 0.2) is 42.7 Å². The highest BCUT2D eigenvalue weighted by atomic mass is 16.5. The molecule has 4 rings (SSSR count). The molecular formula is C19H23N3O2. The summed E-state index contributed by atoms with van der Waals surface area (Å²) in [5.41, 5.74) is 0.703. The maximum absolute atomic E-state index is 12.6. The molecule has 2 aromatic rings. The molecule has 0 spiro atoms. The lowest BCUT2D eigenvalue weighted by molar-refractivity contribution is 0.0769. The molecule has 1 saturated heterocycles. The average Bonchev–Trinajstić information content (AvgIpc) is 3.29. The highest BCUT2D eigenvalue weighted by Gasteiger charge is 2.43. The van der Waals surface area contributed by atoms with Crippen LogP contribution in [0.1, 0.15) is 30.1 Å². The Morgan fingerprint density at radius 2 is 1.92 bits per heavy atom. The molecule has 3 atom stereocenters. The summed E-state index contributed by atoms with van der Waals surface area (Å²) in [6, 6.07) is 10.0. The third-order valence-electron chi connectivity index (χ3n) is 5.25. The molecule has 1 saturated carbocycles. The van der Waals surface area contributed by atoms with Crippen molar-refractivity contribution >= 4 is 5.91 Å². The van der Waals surface area contributed by atoms with E-state index in [1.165, 1.54) is 0 Å². The number of hydrogen-bond donors (Lipinski definition) is 0. The fourth-order valence-corrected chi connectivity index (χ4v) is 4.03. The second-order valence-electron chi connectivity index (χ2n) is 6.84. The Labute approximate surface area is 142 Å². The number of amides is 1. The van der Waals surface area contributed by atoms with Gasteiger partial charge in [-0.2, -0.15) is 5.10 Å². The Kier molecular flexibility index (Phi) is 4.00. The maximum atomic E-state index is 12.6. The summed E-state index contributed by atoms with van der Waals surface area (Å²) in [6.45, 7) is 4.50. The van der Waals surface area contributed by atoms with Crippen molar-refractivity contribution in [1.29, 1.82) is 0 Å². The lowest BCUT2D eigenvalue weighted by Gasteiger charge is -2.19. The molecular weight excluding hydrogens is 302 g/mol. The minimum Gasteiger partial charge on any atom is -0.490 e. The molecule has 1 amide bonds. The minimum atomic E-state index is 0.115. The van der Waals surface area contributed by atoms with Crippen molar-refractivity contribution in [3.63, 3.8) is 0 Å². The molecule has 0 N–H and O–H groups in total. The number of carbonyl (C=O) groups excluding carboxylic acids is 1. The maximum Gasteiger partial charge on any atom is 0.257 e. The number of ether oxygens (including phenoxy) is 1. The second kappa shape index (κ2) is 6.30. The van der Waals surface area contributed by atoms with Gasteiger partial charge in [-0.25, -0.2) is 0 Å². The van der Waals surface area contributed by atoms with Gasteiger partial charge in [-0.15, -0.1) is 0 Å². The molecule has 1 aliphatic carbocycles. The van der Waals surface area contributed by atoms with Crippen LogP contribution in [0.25, 0.3) is 0 Å². The fraction of sp³-hybridized carbons (Fsp3) is 0.474. The average molecular weight is 325 g/mol. The van der Waals surface area contributed by atoms with Crippen LogP contribution in [0.5, 0.6) is 5.75 Å². The lowest BCUT2D eigenvalue weighted by atomic mass is 10.0. The third kappa shape index (κ3) is 2.90. The second-order valence-corrected chi connectivity index (χ2v) is 6.84. The highest BCUT2D eigenvalue weighted by Crippen LogP contribution is 2.40. The van der Waals surface area contributed by atoms with Crippen LogP contribution < -0.4 is 4.74 Å². The monoisotopic (exact) mass is 325 g/mol. The summed E-state index contributed by atoms with van der Waals surface area (Å²) >= 11 is 0. The molecule has 0 radical (unpaired) electrons. The van der Waals surface area contributed by atoms with Crippen molar-refractivity contribution in [2.75, 3.05) is 13.1 Å². The van der Waals surface area contributed by atoms with E-state index in [-0.39, 0.29) is 12.0 Å². The third-order valence-corrected chi connectivity index (χ3v) is 5.25. The quantitative estimate of drug-likeness (QED) is 0.868. The van der Waals surface area contributed by atoms with E-state index >= 15 is 0 Å². The first-order chi connectivity index (χ1) is 11.7. The summed E-state index contributed by atoms with van der Waals surface area (Å²) in [7, 11) is 0. The first kappa shape index (κ1) is 15.2. The highest BCUT2D eigenvalue weighted by molar-refractivity contribution is 5.93. The molecule has 5 nitrogen and oxygen atoms in total. The van der Waals surface area contributed by atoms with Gasteiger partial charge in [0.15, 0.2) is 0 Å². The zero-order chi connectivity index (χ0) is 16.5. The number of fused-ring (bicyclic) bond motifs is 1. The fourth-order valence-electron chi connectivity index (χ4n) is 4.03. The molecule has 2 fully saturated rings. The van der Waals surface area contributed by atoms with Gasteiger partial charge in [-0.1, -0.05) is 18.2 Å². The largest absolute Gasteiger partial charge is 0.490 e. The number of benzene rings is 1. The Morgan fingerprint density at radius 3 is 2.54 bits per heavy atom. The number of aromatic nitrogens is 2. The molecule has 1 unspecified atom stereocenters. The van der Waals surface area contributed by atoms with Crippen molar-refractivity contribution in [3.8, 4) is 5.75 Å². The Hall–Kier alpha value is -2.30. The lowest BCUT2D eigenvalue weighted by Crippen LogP contribution is -2.30. The van der Waals surface area contributed by atoms with E-state index in [0.717, 1.165) is 38.2 Å².